The molecule has 1 aliphatic heterocycles. The molecule has 0 saturated carbocycles. The summed E-state index contributed by atoms with van der Waals surface area (Å²) in [6.45, 7) is 6.06. The van der Waals surface area contributed by atoms with Crippen molar-refractivity contribution in [3.63, 3.8) is 0 Å². The highest BCUT2D eigenvalue weighted by molar-refractivity contribution is 5.87. The van der Waals surface area contributed by atoms with Gasteiger partial charge in [-0.3, -0.25) is 9.69 Å². The van der Waals surface area contributed by atoms with E-state index in [-0.39, 0.29) is 17.1 Å². The van der Waals surface area contributed by atoms with Gasteiger partial charge in [0.05, 0.1) is 18.8 Å². The number of benzene rings is 1. The molecule has 0 spiro atoms. The number of amides is 1. The zero-order valence-corrected chi connectivity index (χ0v) is 20.4. The summed E-state index contributed by atoms with van der Waals surface area (Å²) in [6, 6.07) is 6.87. The second kappa shape index (κ2) is 10.9. The van der Waals surface area contributed by atoms with Crippen molar-refractivity contribution < 1.29 is 32.7 Å². The maximum atomic E-state index is 13.5. The standard InChI is InChI=1S/C26H28N2O8/c1-4-18-23(15(2)25(31)36-24(18)21-13-17-7-5-6-8-20(17)34-21)35-26(32)22(19(14-29)27-16(3)30)28-9-11-33-12-10-28/h5-8,13-14,19,22H,4,9-12H2,1-3H3,(H,27,30). The van der Waals surface area contributed by atoms with Crippen LogP contribution in [0.2, 0.25) is 0 Å². The lowest BCUT2D eigenvalue weighted by molar-refractivity contribution is -0.145. The molecule has 0 aliphatic carbocycles. The molecule has 2 aromatic heterocycles. The normalized spacial score (nSPS) is 15.9. The van der Waals surface area contributed by atoms with Crippen molar-refractivity contribution >= 4 is 29.1 Å². The topological polar surface area (TPSA) is 128 Å². The predicted molar refractivity (Wildman–Crippen MR) is 130 cm³/mol. The molecule has 10 heteroatoms. The highest BCUT2D eigenvalue weighted by atomic mass is 16.5. The lowest BCUT2D eigenvalue weighted by atomic mass is 10.0. The van der Waals surface area contributed by atoms with Crippen LogP contribution >= 0.6 is 0 Å². The monoisotopic (exact) mass is 496 g/mol. The molecule has 1 aliphatic rings. The average Bonchev–Trinajstić information content (AvgIpc) is 3.31. The molecule has 190 valence electrons. The van der Waals surface area contributed by atoms with Gasteiger partial charge in [-0.05, 0) is 25.5 Å². The van der Waals surface area contributed by atoms with Gasteiger partial charge in [-0.25, -0.2) is 9.59 Å². The third-order valence-corrected chi connectivity index (χ3v) is 6.13. The maximum absolute atomic E-state index is 13.5. The molecule has 10 nitrogen and oxygen atoms in total. The number of nitrogens with one attached hydrogen (secondary N) is 1. The van der Waals surface area contributed by atoms with Gasteiger partial charge in [-0.15, -0.1) is 0 Å². The minimum absolute atomic E-state index is 0.0555. The fourth-order valence-electron chi connectivity index (χ4n) is 4.37. The Bertz CT molecular complexity index is 1300. The van der Waals surface area contributed by atoms with Crippen LogP contribution in [0.1, 0.15) is 25.0 Å². The van der Waals surface area contributed by atoms with E-state index >= 15 is 0 Å². The summed E-state index contributed by atoms with van der Waals surface area (Å²) in [5, 5.41) is 3.34. The van der Waals surface area contributed by atoms with Crippen LogP contribution in [0.3, 0.4) is 0 Å². The van der Waals surface area contributed by atoms with Gasteiger partial charge in [0.2, 0.25) is 5.91 Å². The van der Waals surface area contributed by atoms with E-state index in [1.165, 1.54) is 13.8 Å². The molecule has 3 heterocycles. The number of fused-ring (bicyclic) bond motifs is 1. The first-order valence-corrected chi connectivity index (χ1v) is 11.8. The smallest absolute Gasteiger partial charge is 0.343 e. The Kier molecular flexibility index (Phi) is 7.66. The molecule has 1 amide bonds. The van der Waals surface area contributed by atoms with E-state index in [2.05, 4.69) is 5.32 Å². The number of esters is 1. The zero-order chi connectivity index (χ0) is 25.8. The van der Waals surface area contributed by atoms with Gasteiger partial charge in [0.25, 0.3) is 0 Å². The van der Waals surface area contributed by atoms with Crippen LogP contribution in [0.4, 0.5) is 0 Å². The Morgan fingerprint density at radius 2 is 1.92 bits per heavy atom. The Balaban J connectivity index is 1.76. The Morgan fingerprint density at radius 3 is 2.56 bits per heavy atom. The number of furan rings is 1. The molecule has 1 saturated heterocycles. The first-order chi connectivity index (χ1) is 17.3. The quantitative estimate of drug-likeness (QED) is 0.369. The van der Waals surface area contributed by atoms with E-state index in [0.29, 0.717) is 55.9 Å². The van der Waals surface area contributed by atoms with Crippen molar-refractivity contribution in [2.75, 3.05) is 26.3 Å². The molecule has 3 aromatic rings. The van der Waals surface area contributed by atoms with Gasteiger partial charge in [0.15, 0.2) is 11.5 Å². The Labute approximate surface area is 207 Å². The summed E-state index contributed by atoms with van der Waals surface area (Å²) in [7, 11) is 0. The number of rotatable bonds is 8. The van der Waals surface area contributed by atoms with Gasteiger partial charge >= 0.3 is 11.6 Å². The summed E-state index contributed by atoms with van der Waals surface area (Å²) in [4.78, 5) is 51.7. The summed E-state index contributed by atoms with van der Waals surface area (Å²) in [6.07, 6.45) is 0.875. The van der Waals surface area contributed by atoms with Crippen LogP contribution in [0.25, 0.3) is 22.5 Å². The lowest BCUT2D eigenvalue weighted by Gasteiger charge is -2.35. The number of hydrogen-bond donors (Lipinski definition) is 1. The van der Waals surface area contributed by atoms with Crippen LogP contribution in [0.15, 0.2) is 44.0 Å². The number of ether oxygens (including phenoxy) is 2. The second-order valence-corrected chi connectivity index (χ2v) is 8.53. The molecule has 1 N–H and O–H groups in total. The number of para-hydroxylation sites is 1. The maximum Gasteiger partial charge on any atom is 0.343 e. The largest absolute Gasteiger partial charge is 0.453 e. The van der Waals surface area contributed by atoms with Crippen molar-refractivity contribution in [1.82, 2.24) is 10.2 Å². The fourth-order valence-corrected chi connectivity index (χ4v) is 4.37. The average molecular weight is 497 g/mol. The summed E-state index contributed by atoms with van der Waals surface area (Å²) in [5.41, 5.74) is 0.528. The predicted octanol–water partition coefficient (Wildman–Crippen LogP) is 2.23. The van der Waals surface area contributed by atoms with Crippen molar-refractivity contribution in [2.45, 2.75) is 39.3 Å². The molecule has 0 radical (unpaired) electrons. The molecular formula is C26H28N2O8. The number of aldehydes is 1. The lowest BCUT2D eigenvalue weighted by Crippen LogP contribution is -2.59. The third kappa shape index (κ3) is 5.09. The van der Waals surface area contributed by atoms with Crippen LogP contribution < -0.4 is 15.7 Å². The molecular weight excluding hydrogens is 468 g/mol. The van der Waals surface area contributed by atoms with Gasteiger partial charge in [0.1, 0.15) is 29.7 Å². The van der Waals surface area contributed by atoms with E-state index in [0.717, 1.165) is 5.39 Å². The van der Waals surface area contributed by atoms with Crippen molar-refractivity contribution in [3.05, 3.63) is 51.9 Å². The van der Waals surface area contributed by atoms with E-state index in [1.807, 2.05) is 25.1 Å². The van der Waals surface area contributed by atoms with E-state index in [4.69, 9.17) is 18.3 Å². The summed E-state index contributed by atoms with van der Waals surface area (Å²) in [5.74, 6) is -0.683. The van der Waals surface area contributed by atoms with Gasteiger partial charge in [-0.1, -0.05) is 25.1 Å². The van der Waals surface area contributed by atoms with E-state index in [1.54, 1.807) is 17.0 Å². The Morgan fingerprint density at radius 1 is 1.19 bits per heavy atom. The molecule has 0 bridgehead atoms. The minimum Gasteiger partial charge on any atom is -0.453 e. The molecule has 1 fully saturated rings. The molecule has 2 unspecified atom stereocenters. The van der Waals surface area contributed by atoms with Crippen molar-refractivity contribution in [3.8, 4) is 17.3 Å². The van der Waals surface area contributed by atoms with Gasteiger partial charge in [-0.2, -0.15) is 0 Å². The molecule has 36 heavy (non-hydrogen) atoms. The first kappa shape index (κ1) is 25.3. The number of hydrogen-bond acceptors (Lipinski definition) is 9. The van der Waals surface area contributed by atoms with Crippen molar-refractivity contribution in [2.24, 2.45) is 0 Å². The molecule has 4 rings (SSSR count). The van der Waals surface area contributed by atoms with E-state index in [9.17, 15) is 19.2 Å². The van der Waals surface area contributed by atoms with Gasteiger partial charge in [0, 0.05) is 31.0 Å². The summed E-state index contributed by atoms with van der Waals surface area (Å²) >= 11 is 0. The fraction of sp³-hybridized carbons (Fsp3) is 0.385. The van der Waals surface area contributed by atoms with Crippen molar-refractivity contribution in [1.29, 1.82) is 0 Å². The van der Waals surface area contributed by atoms with E-state index < -0.39 is 29.6 Å². The van der Waals surface area contributed by atoms with Crippen LogP contribution in [-0.2, 0) is 25.5 Å². The molecule has 1 aromatic carbocycles. The summed E-state index contributed by atoms with van der Waals surface area (Å²) < 4.78 is 22.7. The highest BCUT2D eigenvalue weighted by Gasteiger charge is 2.38. The minimum atomic E-state index is -1.14. The SMILES string of the molecule is CCc1c(-c2cc3ccccc3o2)oc(=O)c(C)c1OC(=O)C(C(C=O)NC(C)=O)N1CCOCC1. The molecule has 2 atom stereocenters. The number of morpholine rings is 1. The first-order valence-electron chi connectivity index (χ1n) is 11.8. The third-order valence-electron chi connectivity index (χ3n) is 6.13. The zero-order valence-electron chi connectivity index (χ0n) is 20.4. The number of nitrogens with zero attached hydrogens (tertiary/aromatic N) is 1. The highest BCUT2D eigenvalue weighted by Crippen LogP contribution is 2.35. The van der Waals surface area contributed by atoms with Crippen LogP contribution in [0, 0.1) is 6.92 Å². The number of carbonyl (C=O) groups excluding carboxylic acids is 3. The Hall–Kier alpha value is -3.76. The van der Waals surface area contributed by atoms with Crippen LogP contribution in [-0.4, -0.2) is 61.4 Å². The van der Waals surface area contributed by atoms with Crippen LogP contribution in [0.5, 0.6) is 5.75 Å². The number of carbonyl (C=O) groups is 3. The van der Waals surface area contributed by atoms with Gasteiger partial charge < -0.3 is 28.4 Å². The second-order valence-electron chi connectivity index (χ2n) is 8.53.